The van der Waals surface area contributed by atoms with Crippen molar-refractivity contribution < 1.29 is 9.53 Å². The van der Waals surface area contributed by atoms with Gasteiger partial charge >= 0.3 is 6.09 Å². The van der Waals surface area contributed by atoms with E-state index in [0.717, 1.165) is 24.9 Å². The molecule has 1 unspecified atom stereocenters. The maximum absolute atomic E-state index is 11.7. The van der Waals surface area contributed by atoms with Crippen LogP contribution >= 0.6 is 0 Å². The van der Waals surface area contributed by atoms with Crippen molar-refractivity contribution in [1.29, 1.82) is 0 Å². The molecule has 1 fully saturated rings. The number of likely N-dealkylation sites (tertiary alicyclic amines) is 1. The molecular formula is C13H17NO2. The van der Waals surface area contributed by atoms with Crippen LogP contribution in [0.2, 0.25) is 0 Å². The van der Waals surface area contributed by atoms with E-state index in [2.05, 4.69) is 6.92 Å². The molecule has 1 saturated heterocycles. The number of carbonyl (C=O) groups excluding carboxylic acids is 1. The van der Waals surface area contributed by atoms with Gasteiger partial charge in [0.2, 0.25) is 0 Å². The second kappa shape index (κ2) is 5.01. The van der Waals surface area contributed by atoms with Gasteiger partial charge in [-0.05, 0) is 25.3 Å². The number of benzene rings is 1. The first-order valence-electron chi connectivity index (χ1n) is 5.74. The Morgan fingerprint density at radius 1 is 1.44 bits per heavy atom. The second-order valence-electron chi connectivity index (χ2n) is 4.22. The molecule has 1 atom stereocenters. The first kappa shape index (κ1) is 11.0. The predicted octanol–water partition coefficient (Wildman–Crippen LogP) is 2.81. The van der Waals surface area contributed by atoms with E-state index in [0.29, 0.717) is 12.6 Å². The lowest BCUT2D eigenvalue weighted by Gasteiger charge is -2.20. The summed E-state index contributed by atoms with van der Waals surface area (Å²) < 4.78 is 5.27. The Kier molecular flexibility index (Phi) is 3.44. The summed E-state index contributed by atoms with van der Waals surface area (Å²) in [6.45, 7) is 3.26. The number of hydrogen-bond donors (Lipinski definition) is 0. The molecule has 1 aromatic carbocycles. The monoisotopic (exact) mass is 219 g/mol. The van der Waals surface area contributed by atoms with Gasteiger partial charge in [-0.25, -0.2) is 4.79 Å². The van der Waals surface area contributed by atoms with Crippen molar-refractivity contribution >= 4 is 6.09 Å². The van der Waals surface area contributed by atoms with Gasteiger partial charge in [-0.2, -0.15) is 0 Å². The highest BCUT2D eigenvalue weighted by atomic mass is 16.6. The third-order valence-electron chi connectivity index (χ3n) is 2.99. The predicted molar refractivity (Wildman–Crippen MR) is 62.0 cm³/mol. The van der Waals surface area contributed by atoms with Gasteiger partial charge in [0.1, 0.15) is 6.61 Å². The average Bonchev–Trinajstić information content (AvgIpc) is 2.74. The Labute approximate surface area is 96.0 Å². The van der Waals surface area contributed by atoms with Crippen LogP contribution in [0.3, 0.4) is 0 Å². The smallest absolute Gasteiger partial charge is 0.410 e. The van der Waals surface area contributed by atoms with E-state index in [9.17, 15) is 4.79 Å². The maximum Gasteiger partial charge on any atom is 0.410 e. The van der Waals surface area contributed by atoms with Crippen molar-refractivity contribution in [1.82, 2.24) is 4.90 Å². The highest BCUT2D eigenvalue weighted by Crippen LogP contribution is 2.17. The Hall–Kier alpha value is -1.51. The van der Waals surface area contributed by atoms with E-state index >= 15 is 0 Å². The standard InChI is InChI=1S/C13H17NO2/c1-11-6-5-9-14(11)13(15)16-10-12-7-3-2-4-8-12/h2-4,7-8,11H,5-6,9-10H2,1H3. The van der Waals surface area contributed by atoms with Crippen LogP contribution in [0, 0.1) is 0 Å². The van der Waals surface area contributed by atoms with Crippen LogP contribution in [0.5, 0.6) is 0 Å². The Bertz CT molecular complexity index is 350. The molecule has 1 aliphatic rings. The summed E-state index contributed by atoms with van der Waals surface area (Å²) in [5, 5.41) is 0. The Balaban J connectivity index is 1.84. The highest BCUT2D eigenvalue weighted by molar-refractivity contribution is 5.68. The molecule has 0 N–H and O–H groups in total. The van der Waals surface area contributed by atoms with E-state index in [1.165, 1.54) is 0 Å². The summed E-state index contributed by atoms with van der Waals surface area (Å²) in [7, 11) is 0. The van der Waals surface area contributed by atoms with Crippen LogP contribution in [0.1, 0.15) is 25.3 Å². The largest absolute Gasteiger partial charge is 0.445 e. The number of rotatable bonds is 2. The van der Waals surface area contributed by atoms with Gasteiger partial charge in [0, 0.05) is 12.6 Å². The van der Waals surface area contributed by atoms with Crippen LogP contribution in [0.25, 0.3) is 0 Å². The third-order valence-corrected chi connectivity index (χ3v) is 2.99. The Morgan fingerprint density at radius 3 is 2.81 bits per heavy atom. The lowest BCUT2D eigenvalue weighted by Crippen LogP contribution is -2.33. The van der Waals surface area contributed by atoms with Gasteiger partial charge in [-0.3, -0.25) is 0 Å². The molecule has 3 nitrogen and oxygen atoms in total. The molecule has 0 saturated carbocycles. The summed E-state index contributed by atoms with van der Waals surface area (Å²) in [6, 6.07) is 10.1. The van der Waals surface area contributed by atoms with Gasteiger partial charge in [0.05, 0.1) is 0 Å². The van der Waals surface area contributed by atoms with Crippen LogP contribution < -0.4 is 0 Å². The zero-order valence-corrected chi connectivity index (χ0v) is 9.56. The molecule has 0 aliphatic carbocycles. The summed E-state index contributed by atoms with van der Waals surface area (Å²) in [5.41, 5.74) is 1.03. The van der Waals surface area contributed by atoms with Crippen LogP contribution in [0.4, 0.5) is 4.79 Å². The van der Waals surface area contributed by atoms with E-state index in [-0.39, 0.29) is 6.09 Å². The van der Waals surface area contributed by atoms with Crippen molar-refractivity contribution in [2.45, 2.75) is 32.4 Å². The van der Waals surface area contributed by atoms with Gasteiger partial charge in [0.15, 0.2) is 0 Å². The van der Waals surface area contributed by atoms with Crippen molar-refractivity contribution in [2.75, 3.05) is 6.54 Å². The molecule has 0 spiro atoms. The minimum Gasteiger partial charge on any atom is -0.445 e. The molecule has 16 heavy (non-hydrogen) atoms. The summed E-state index contributed by atoms with van der Waals surface area (Å²) in [5.74, 6) is 0. The summed E-state index contributed by atoms with van der Waals surface area (Å²) in [6.07, 6.45) is 1.98. The molecule has 0 radical (unpaired) electrons. The maximum atomic E-state index is 11.7. The van der Waals surface area contributed by atoms with Crippen molar-refractivity contribution in [3.8, 4) is 0 Å². The van der Waals surface area contributed by atoms with Crippen molar-refractivity contribution in [2.24, 2.45) is 0 Å². The minimum absolute atomic E-state index is 0.186. The molecule has 86 valence electrons. The Morgan fingerprint density at radius 2 is 2.19 bits per heavy atom. The number of hydrogen-bond acceptors (Lipinski definition) is 2. The van der Waals surface area contributed by atoms with Gasteiger partial charge in [-0.1, -0.05) is 30.3 Å². The molecule has 0 bridgehead atoms. The molecule has 1 amide bonds. The number of amides is 1. The first-order chi connectivity index (χ1) is 7.77. The van der Waals surface area contributed by atoms with Gasteiger partial charge < -0.3 is 9.64 Å². The van der Waals surface area contributed by atoms with Crippen molar-refractivity contribution in [3.05, 3.63) is 35.9 Å². The number of nitrogens with zero attached hydrogens (tertiary/aromatic N) is 1. The van der Waals surface area contributed by atoms with E-state index in [1.54, 1.807) is 0 Å². The molecule has 2 rings (SSSR count). The zero-order chi connectivity index (χ0) is 11.4. The lowest BCUT2D eigenvalue weighted by molar-refractivity contribution is 0.0944. The summed E-state index contributed by atoms with van der Waals surface area (Å²) >= 11 is 0. The fourth-order valence-electron chi connectivity index (χ4n) is 2.01. The van der Waals surface area contributed by atoms with Gasteiger partial charge in [0.25, 0.3) is 0 Å². The van der Waals surface area contributed by atoms with Crippen LogP contribution in [-0.2, 0) is 11.3 Å². The van der Waals surface area contributed by atoms with Crippen molar-refractivity contribution in [3.63, 3.8) is 0 Å². The highest BCUT2D eigenvalue weighted by Gasteiger charge is 2.25. The van der Waals surface area contributed by atoms with Crippen LogP contribution in [0.15, 0.2) is 30.3 Å². The van der Waals surface area contributed by atoms with E-state index < -0.39 is 0 Å². The topological polar surface area (TPSA) is 29.5 Å². The van der Waals surface area contributed by atoms with E-state index in [1.807, 2.05) is 35.2 Å². The average molecular weight is 219 g/mol. The first-order valence-corrected chi connectivity index (χ1v) is 5.74. The van der Waals surface area contributed by atoms with E-state index in [4.69, 9.17) is 4.74 Å². The second-order valence-corrected chi connectivity index (χ2v) is 4.22. The molecule has 0 aromatic heterocycles. The third kappa shape index (κ3) is 2.54. The fourth-order valence-corrected chi connectivity index (χ4v) is 2.01. The molecule has 1 heterocycles. The minimum atomic E-state index is -0.186. The number of carbonyl (C=O) groups is 1. The summed E-state index contributed by atoms with van der Waals surface area (Å²) in [4.78, 5) is 13.5. The molecule has 1 aromatic rings. The number of ether oxygens (including phenoxy) is 1. The molecular weight excluding hydrogens is 202 g/mol. The van der Waals surface area contributed by atoms with Gasteiger partial charge in [-0.15, -0.1) is 0 Å². The molecule has 3 heteroatoms. The molecule has 1 aliphatic heterocycles. The normalized spacial score (nSPS) is 19.8. The van der Waals surface area contributed by atoms with Crippen LogP contribution in [-0.4, -0.2) is 23.6 Å². The fraction of sp³-hybridized carbons (Fsp3) is 0.462. The SMILES string of the molecule is CC1CCCN1C(=O)OCc1ccccc1. The zero-order valence-electron chi connectivity index (χ0n) is 9.56. The quantitative estimate of drug-likeness (QED) is 0.765. The lowest BCUT2D eigenvalue weighted by atomic mass is 10.2.